The molecule has 5 atom stereocenters. The third kappa shape index (κ3) is 5.85. The molecule has 0 fully saturated rings. The van der Waals surface area contributed by atoms with Crippen LogP contribution in [-0.4, -0.2) is 51.1 Å². The topological polar surface area (TPSA) is 114 Å². The number of pyridine rings is 1. The van der Waals surface area contributed by atoms with Crippen molar-refractivity contribution in [1.29, 1.82) is 0 Å². The number of nitrogens with zero attached hydrogens (tertiary/aromatic N) is 1. The van der Waals surface area contributed by atoms with Crippen LogP contribution in [0.3, 0.4) is 0 Å². The van der Waals surface area contributed by atoms with E-state index in [1.54, 1.807) is 18.6 Å². The first-order chi connectivity index (χ1) is 15.5. The Morgan fingerprint density at radius 1 is 1.21 bits per heavy atom. The molecule has 5 unspecified atom stereocenters. The molecule has 8 heteroatoms. The third-order valence-corrected chi connectivity index (χ3v) is 7.11. The number of thioether (sulfide) groups is 1. The van der Waals surface area contributed by atoms with Crippen LogP contribution in [0.5, 0.6) is 0 Å². The zero-order valence-electron chi connectivity index (χ0n) is 19.9. The predicted molar refractivity (Wildman–Crippen MR) is 128 cm³/mol. The van der Waals surface area contributed by atoms with Crippen LogP contribution in [0.2, 0.25) is 0 Å². The average molecular weight is 477 g/mol. The molecule has 6 nitrogen and oxygen atoms in total. The molecule has 4 N–H and O–H groups in total. The van der Waals surface area contributed by atoms with Crippen molar-refractivity contribution in [2.45, 2.75) is 29.0 Å². The largest absolute Gasteiger partial charge is 1.00 e. The Hall–Kier alpha value is -1.74. The summed E-state index contributed by atoms with van der Waals surface area (Å²) in [5.74, 6) is -2.30. The van der Waals surface area contributed by atoms with Crippen molar-refractivity contribution in [3.8, 4) is 0 Å². The number of nitrogens with two attached hydrogens (primary N) is 1. The fourth-order valence-electron chi connectivity index (χ4n) is 4.49. The quantitative estimate of drug-likeness (QED) is 0.416. The van der Waals surface area contributed by atoms with Gasteiger partial charge in [0.2, 0.25) is 0 Å². The Labute approximate surface area is 222 Å². The van der Waals surface area contributed by atoms with Gasteiger partial charge in [0.25, 0.3) is 0 Å². The molecule has 2 aromatic rings. The summed E-state index contributed by atoms with van der Waals surface area (Å²) in [4.78, 5) is 29.4. The van der Waals surface area contributed by atoms with Gasteiger partial charge in [-0.1, -0.05) is 60.7 Å². The smallest absolute Gasteiger partial charge is 1.00 e. The Balaban J connectivity index is 0.00000289. The minimum Gasteiger partial charge on any atom is -1.00 e. The first-order valence-electron chi connectivity index (χ1n) is 10.4. The van der Waals surface area contributed by atoms with Gasteiger partial charge in [0.05, 0.1) is 17.8 Å². The summed E-state index contributed by atoms with van der Waals surface area (Å²) in [6, 6.07) is 12.2. The van der Waals surface area contributed by atoms with Gasteiger partial charge in [-0.3, -0.25) is 14.6 Å². The summed E-state index contributed by atoms with van der Waals surface area (Å²) in [7, 11) is 0. The molecule has 1 heterocycles. The SMILES string of the molecule is CSC(CC(N)C(=O)O)C(=O)C1C=CC=CC1(c1ccccc1)C(CO)c1cccnc1.[H-].[Na+]. The number of Topliss-reactive ketones (excluding diaryl/α,β-unsaturated/α-hetero) is 1. The summed E-state index contributed by atoms with van der Waals surface area (Å²) < 4.78 is 0. The van der Waals surface area contributed by atoms with Crippen LogP contribution in [0.25, 0.3) is 0 Å². The number of benzene rings is 1. The number of aromatic nitrogens is 1. The number of carboxylic acid groups (broad SMARTS) is 1. The fourth-order valence-corrected chi connectivity index (χ4v) is 5.27. The molecule has 0 aliphatic heterocycles. The molecular weight excluding hydrogens is 447 g/mol. The van der Waals surface area contributed by atoms with Crippen molar-refractivity contribution in [3.05, 3.63) is 90.3 Å². The number of aliphatic hydroxyl groups excluding tert-OH is 1. The van der Waals surface area contributed by atoms with Gasteiger partial charge in [0, 0.05) is 23.7 Å². The first-order valence-corrected chi connectivity index (χ1v) is 11.7. The third-order valence-electron chi connectivity index (χ3n) is 6.11. The summed E-state index contributed by atoms with van der Waals surface area (Å²) in [5, 5.41) is 19.2. The van der Waals surface area contributed by atoms with E-state index in [1.807, 2.05) is 66.8 Å². The number of allylic oxidation sites excluding steroid dienone is 4. The molecule has 0 saturated carbocycles. The number of carboxylic acids is 1. The Morgan fingerprint density at radius 2 is 1.94 bits per heavy atom. The molecule has 1 aromatic carbocycles. The summed E-state index contributed by atoms with van der Waals surface area (Å²) >= 11 is 1.30. The Morgan fingerprint density at radius 3 is 2.52 bits per heavy atom. The predicted octanol–water partition coefficient (Wildman–Crippen LogP) is 0.0569. The van der Waals surface area contributed by atoms with E-state index < -0.39 is 34.5 Å². The number of carbonyl (C=O) groups is 2. The van der Waals surface area contributed by atoms with Crippen molar-refractivity contribution in [2.24, 2.45) is 11.7 Å². The minimum absolute atomic E-state index is 0. The van der Waals surface area contributed by atoms with E-state index in [2.05, 4.69) is 4.98 Å². The van der Waals surface area contributed by atoms with Gasteiger partial charge in [0.1, 0.15) is 6.04 Å². The molecular formula is C25H29N2NaO4S. The summed E-state index contributed by atoms with van der Waals surface area (Å²) in [6.07, 6.45) is 12.8. The first kappa shape index (κ1) is 27.5. The van der Waals surface area contributed by atoms with Crippen LogP contribution < -0.4 is 35.3 Å². The van der Waals surface area contributed by atoms with E-state index in [-0.39, 0.29) is 49.8 Å². The fraction of sp³-hybridized carbons (Fsp3) is 0.320. The molecule has 0 radical (unpaired) electrons. The van der Waals surface area contributed by atoms with Crippen molar-refractivity contribution in [1.82, 2.24) is 4.98 Å². The van der Waals surface area contributed by atoms with Gasteiger partial charge in [-0.05, 0) is 29.9 Å². The molecule has 0 amide bonds. The van der Waals surface area contributed by atoms with E-state index in [0.29, 0.717) is 0 Å². The van der Waals surface area contributed by atoms with Crippen LogP contribution in [0.1, 0.15) is 24.9 Å². The van der Waals surface area contributed by atoms with E-state index >= 15 is 0 Å². The normalized spacial score (nSPS) is 22.1. The van der Waals surface area contributed by atoms with Crippen LogP contribution in [0.4, 0.5) is 0 Å². The van der Waals surface area contributed by atoms with Crippen molar-refractivity contribution < 1.29 is 50.8 Å². The molecule has 1 aliphatic rings. The molecule has 1 aliphatic carbocycles. The molecule has 3 rings (SSSR count). The van der Waals surface area contributed by atoms with Gasteiger partial charge < -0.3 is 17.4 Å². The monoisotopic (exact) mass is 476 g/mol. The average Bonchev–Trinajstić information content (AvgIpc) is 2.83. The number of aliphatic carboxylic acids is 1. The second-order valence-corrected chi connectivity index (χ2v) is 8.89. The summed E-state index contributed by atoms with van der Waals surface area (Å²) in [5.41, 5.74) is 6.61. The van der Waals surface area contributed by atoms with Crippen LogP contribution in [0, 0.1) is 5.92 Å². The molecule has 170 valence electrons. The molecule has 33 heavy (non-hydrogen) atoms. The second kappa shape index (κ2) is 12.6. The summed E-state index contributed by atoms with van der Waals surface area (Å²) in [6.45, 7) is -0.193. The molecule has 0 bridgehead atoms. The van der Waals surface area contributed by atoms with Gasteiger partial charge in [-0.2, -0.15) is 11.8 Å². The van der Waals surface area contributed by atoms with Crippen molar-refractivity contribution >= 4 is 23.5 Å². The van der Waals surface area contributed by atoms with Crippen LogP contribution in [-0.2, 0) is 15.0 Å². The Kier molecular flexibility index (Phi) is 10.5. The molecule has 0 saturated heterocycles. The van der Waals surface area contributed by atoms with Crippen LogP contribution in [0.15, 0.2) is 79.2 Å². The maximum absolute atomic E-state index is 13.9. The standard InChI is InChI=1S/C25H28N2O4S.Na.H/c1-32-22(14-21(26)24(30)31)23(29)19-11-5-6-12-25(19,18-9-3-2-4-10-18)20(16-28)17-8-7-13-27-15-17;;/h2-13,15,19-22,28H,14,16,26H2,1H3,(H,30,31);;/q;+1;-1. The van der Waals surface area contributed by atoms with Gasteiger partial charge in [-0.15, -0.1) is 0 Å². The van der Waals surface area contributed by atoms with E-state index in [9.17, 15) is 19.8 Å². The maximum atomic E-state index is 13.9. The van der Waals surface area contributed by atoms with E-state index in [1.165, 1.54) is 11.8 Å². The zero-order valence-corrected chi connectivity index (χ0v) is 21.7. The minimum atomic E-state index is -1.13. The van der Waals surface area contributed by atoms with Gasteiger partial charge in [-0.25, -0.2) is 0 Å². The number of hydrogen-bond donors (Lipinski definition) is 3. The van der Waals surface area contributed by atoms with Crippen LogP contribution >= 0.6 is 11.8 Å². The number of rotatable bonds is 10. The van der Waals surface area contributed by atoms with Gasteiger partial charge in [0.15, 0.2) is 5.78 Å². The zero-order chi connectivity index (χ0) is 23.1. The number of carbonyl (C=O) groups excluding carboxylic acids is 1. The molecule has 0 spiro atoms. The van der Waals surface area contributed by atoms with Crippen molar-refractivity contribution in [3.63, 3.8) is 0 Å². The molecule has 1 aromatic heterocycles. The second-order valence-electron chi connectivity index (χ2n) is 7.85. The van der Waals surface area contributed by atoms with Crippen molar-refractivity contribution in [2.75, 3.05) is 12.9 Å². The van der Waals surface area contributed by atoms with E-state index in [4.69, 9.17) is 5.73 Å². The van der Waals surface area contributed by atoms with Gasteiger partial charge >= 0.3 is 35.5 Å². The maximum Gasteiger partial charge on any atom is 1.00 e. The Bertz CT molecular complexity index is 993. The van der Waals surface area contributed by atoms with E-state index in [0.717, 1.165) is 11.1 Å². The number of hydrogen-bond acceptors (Lipinski definition) is 6. The number of ketones is 1. The number of aliphatic hydroxyl groups is 1.